The van der Waals surface area contributed by atoms with Gasteiger partial charge in [-0.05, 0) is 52.7 Å². The van der Waals surface area contributed by atoms with E-state index in [9.17, 15) is 4.39 Å². The monoisotopic (exact) mass is 408 g/mol. The zero-order valence-corrected chi connectivity index (χ0v) is 18.3. The minimum absolute atomic E-state index is 0.143. The van der Waals surface area contributed by atoms with Gasteiger partial charge in [0.25, 0.3) is 0 Å². The van der Waals surface area contributed by atoms with Crippen LogP contribution >= 0.6 is 0 Å². The number of halogens is 1. The van der Waals surface area contributed by atoms with Crippen molar-refractivity contribution < 1.29 is 13.9 Å². The van der Waals surface area contributed by atoms with Crippen molar-refractivity contribution in [2.75, 3.05) is 39.3 Å². The van der Waals surface area contributed by atoms with Crippen LogP contribution in [0.1, 0.15) is 40.5 Å². The molecule has 0 aromatic heterocycles. The second-order valence-electron chi connectivity index (χ2n) is 7.79. The minimum Gasteiger partial charge on any atom is -0.489 e. The summed E-state index contributed by atoms with van der Waals surface area (Å²) in [6, 6.07) is 6.62. The third kappa shape index (κ3) is 9.45. The first-order valence-corrected chi connectivity index (χ1v) is 10.8. The van der Waals surface area contributed by atoms with E-state index in [1.807, 2.05) is 6.92 Å². The molecule has 1 heterocycles. The Hall–Kier alpha value is -1.86. The highest BCUT2D eigenvalue weighted by Crippen LogP contribution is 2.14. The molecule has 0 spiro atoms. The summed E-state index contributed by atoms with van der Waals surface area (Å²) in [6.45, 7) is 13.4. The van der Waals surface area contributed by atoms with Gasteiger partial charge in [-0.25, -0.2) is 9.38 Å². The third-order valence-corrected chi connectivity index (χ3v) is 4.77. The first-order valence-electron chi connectivity index (χ1n) is 10.8. The van der Waals surface area contributed by atoms with E-state index in [1.54, 1.807) is 12.1 Å². The van der Waals surface area contributed by atoms with Crippen LogP contribution < -0.4 is 15.4 Å². The number of hydrogen-bond donors (Lipinski definition) is 2. The van der Waals surface area contributed by atoms with E-state index in [-0.39, 0.29) is 11.9 Å². The fourth-order valence-electron chi connectivity index (χ4n) is 3.26. The van der Waals surface area contributed by atoms with Gasteiger partial charge in [0.1, 0.15) is 17.7 Å². The number of guanidine groups is 1. The average Bonchev–Trinajstić information content (AvgIpc) is 2.67. The molecule has 1 aliphatic rings. The van der Waals surface area contributed by atoms with E-state index in [0.717, 1.165) is 51.6 Å². The smallest absolute Gasteiger partial charge is 0.191 e. The number of nitrogens with zero attached hydrogens (tertiary/aromatic N) is 2. The number of piperidine rings is 1. The second kappa shape index (κ2) is 12.6. The van der Waals surface area contributed by atoms with Crippen molar-refractivity contribution in [1.29, 1.82) is 0 Å². The normalized spacial score (nSPS) is 17.4. The van der Waals surface area contributed by atoms with Crippen LogP contribution in [-0.4, -0.2) is 68.4 Å². The lowest BCUT2D eigenvalue weighted by Gasteiger charge is -2.33. The van der Waals surface area contributed by atoms with Gasteiger partial charge in [0.2, 0.25) is 0 Å². The van der Waals surface area contributed by atoms with Gasteiger partial charge in [-0.1, -0.05) is 6.07 Å². The first kappa shape index (κ1) is 23.4. The van der Waals surface area contributed by atoms with E-state index in [4.69, 9.17) is 9.47 Å². The standard InChI is InChI=1S/C22H37FN4O2/c1-5-24-22(25-16-18(4)29-21-8-6-7-19(23)15-21)26-20-9-11-27(12-10-20)13-14-28-17(2)3/h6-8,15,17-18,20H,5,9-14,16H2,1-4H3,(H2,24,25,26). The van der Waals surface area contributed by atoms with Crippen LogP contribution in [0.2, 0.25) is 0 Å². The molecule has 2 rings (SSSR count). The fourth-order valence-corrected chi connectivity index (χ4v) is 3.26. The van der Waals surface area contributed by atoms with Gasteiger partial charge in [-0.15, -0.1) is 0 Å². The number of nitrogens with one attached hydrogen (secondary N) is 2. The molecule has 0 bridgehead atoms. The largest absolute Gasteiger partial charge is 0.489 e. The van der Waals surface area contributed by atoms with Gasteiger partial charge in [0, 0.05) is 38.3 Å². The Labute approximate surface area is 174 Å². The molecule has 1 aromatic rings. The lowest BCUT2D eigenvalue weighted by atomic mass is 10.1. The van der Waals surface area contributed by atoms with Crippen LogP contribution in [0.5, 0.6) is 5.75 Å². The summed E-state index contributed by atoms with van der Waals surface area (Å²) in [5.74, 6) is 1.04. The number of likely N-dealkylation sites (tertiary alicyclic amines) is 1. The van der Waals surface area contributed by atoms with Gasteiger partial charge in [0.05, 0.1) is 19.3 Å². The maximum absolute atomic E-state index is 13.3. The Morgan fingerprint density at radius 3 is 2.69 bits per heavy atom. The van der Waals surface area contributed by atoms with Crippen LogP contribution in [0.15, 0.2) is 29.3 Å². The molecule has 6 nitrogen and oxygen atoms in total. The molecule has 2 N–H and O–H groups in total. The van der Waals surface area contributed by atoms with Gasteiger partial charge >= 0.3 is 0 Å². The number of hydrogen-bond acceptors (Lipinski definition) is 4. The van der Waals surface area contributed by atoms with Crippen molar-refractivity contribution in [3.05, 3.63) is 30.1 Å². The molecule has 0 radical (unpaired) electrons. The van der Waals surface area contributed by atoms with E-state index in [1.165, 1.54) is 12.1 Å². The summed E-state index contributed by atoms with van der Waals surface area (Å²) >= 11 is 0. The van der Waals surface area contributed by atoms with E-state index in [0.29, 0.717) is 24.4 Å². The second-order valence-corrected chi connectivity index (χ2v) is 7.79. The molecule has 1 saturated heterocycles. The van der Waals surface area contributed by atoms with E-state index in [2.05, 4.69) is 41.3 Å². The first-order chi connectivity index (χ1) is 14.0. The van der Waals surface area contributed by atoms with Crippen molar-refractivity contribution in [3.63, 3.8) is 0 Å². The van der Waals surface area contributed by atoms with Crippen LogP contribution in [0.3, 0.4) is 0 Å². The van der Waals surface area contributed by atoms with E-state index < -0.39 is 0 Å². The van der Waals surface area contributed by atoms with Crippen LogP contribution in [-0.2, 0) is 4.74 Å². The predicted molar refractivity (Wildman–Crippen MR) is 116 cm³/mol. The molecule has 7 heteroatoms. The Morgan fingerprint density at radius 2 is 2.03 bits per heavy atom. The van der Waals surface area contributed by atoms with Crippen molar-refractivity contribution in [2.24, 2.45) is 4.99 Å². The van der Waals surface area contributed by atoms with Gasteiger partial charge in [-0.2, -0.15) is 0 Å². The lowest BCUT2D eigenvalue weighted by molar-refractivity contribution is 0.0532. The molecule has 164 valence electrons. The highest BCUT2D eigenvalue weighted by molar-refractivity contribution is 5.80. The Morgan fingerprint density at radius 1 is 1.28 bits per heavy atom. The highest BCUT2D eigenvalue weighted by Gasteiger charge is 2.20. The summed E-state index contributed by atoms with van der Waals surface area (Å²) in [7, 11) is 0. The van der Waals surface area contributed by atoms with Gasteiger partial charge < -0.3 is 25.0 Å². The van der Waals surface area contributed by atoms with Crippen LogP contribution in [0, 0.1) is 5.82 Å². The molecular formula is C22H37FN4O2. The lowest BCUT2D eigenvalue weighted by Crippen LogP contribution is -2.49. The highest BCUT2D eigenvalue weighted by atomic mass is 19.1. The zero-order chi connectivity index (χ0) is 21.1. The summed E-state index contributed by atoms with van der Waals surface area (Å²) in [5.41, 5.74) is 0. The molecule has 1 unspecified atom stereocenters. The molecule has 0 amide bonds. The summed E-state index contributed by atoms with van der Waals surface area (Å²) < 4.78 is 24.7. The van der Waals surface area contributed by atoms with Gasteiger partial charge in [-0.3, -0.25) is 0 Å². The van der Waals surface area contributed by atoms with Crippen molar-refractivity contribution in [3.8, 4) is 5.75 Å². The van der Waals surface area contributed by atoms with Crippen molar-refractivity contribution in [2.45, 2.75) is 58.8 Å². The SMILES string of the molecule is CCNC(=NCC(C)Oc1cccc(F)c1)NC1CCN(CCOC(C)C)CC1. The minimum atomic E-state index is -0.296. The number of ether oxygens (including phenoxy) is 2. The Bertz CT molecular complexity index is 619. The molecule has 0 saturated carbocycles. The zero-order valence-electron chi connectivity index (χ0n) is 18.3. The van der Waals surface area contributed by atoms with E-state index >= 15 is 0 Å². The maximum atomic E-state index is 13.3. The Kier molecular flexibility index (Phi) is 10.2. The molecule has 1 fully saturated rings. The molecule has 0 aliphatic carbocycles. The predicted octanol–water partition coefficient (Wildman–Crippen LogP) is 3.04. The topological polar surface area (TPSA) is 58.1 Å². The van der Waals surface area contributed by atoms with Gasteiger partial charge in [0.15, 0.2) is 5.96 Å². The maximum Gasteiger partial charge on any atom is 0.191 e. The van der Waals surface area contributed by atoms with Crippen molar-refractivity contribution in [1.82, 2.24) is 15.5 Å². The number of benzene rings is 1. The summed E-state index contributed by atoms with van der Waals surface area (Å²) in [4.78, 5) is 7.11. The summed E-state index contributed by atoms with van der Waals surface area (Å²) in [5, 5.41) is 6.85. The fraction of sp³-hybridized carbons (Fsp3) is 0.682. The van der Waals surface area contributed by atoms with Crippen LogP contribution in [0.25, 0.3) is 0 Å². The van der Waals surface area contributed by atoms with Crippen LogP contribution in [0.4, 0.5) is 4.39 Å². The quantitative estimate of drug-likeness (QED) is 0.460. The molecule has 1 atom stereocenters. The number of aliphatic imine (C=N–C) groups is 1. The molecule has 29 heavy (non-hydrogen) atoms. The molecule has 1 aliphatic heterocycles. The Balaban J connectivity index is 1.76. The molecular weight excluding hydrogens is 371 g/mol. The summed E-state index contributed by atoms with van der Waals surface area (Å²) in [6.07, 6.45) is 2.32. The third-order valence-electron chi connectivity index (χ3n) is 4.77. The average molecular weight is 409 g/mol. The van der Waals surface area contributed by atoms with Crippen molar-refractivity contribution >= 4 is 5.96 Å². The number of rotatable bonds is 10. The molecule has 1 aromatic carbocycles.